The van der Waals surface area contributed by atoms with Crippen molar-refractivity contribution in [3.63, 3.8) is 0 Å². The van der Waals surface area contributed by atoms with Gasteiger partial charge >= 0.3 is 0 Å². The molecule has 0 radical (unpaired) electrons. The number of benzene rings is 1. The number of rotatable bonds is 3. The van der Waals surface area contributed by atoms with Gasteiger partial charge in [0.1, 0.15) is 0 Å². The van der Waals surface area contributed by atoms with Crippen LogP contribution in [0.1, 0.15) is 52.0 Å². The highest BCUT2D eigenvalue weighted by Gasteiger charge is 2.41. The van der Waals surface area contributed by atoms with Gasteiger partial charge in [0.05, 0.1) is 11.3 Å². The fraction of sp³-hybridized carbons (Fsp3) is 0.636. The molecular formula is C22H33N3O2. The van der Waals surface area contributed by atoms with E-state index in [0.29, 0.717) is 26.2 Å². The van der Waals surface area contributed by atoms with Gasteiger partial charge in [-0.15, -0.1) is 0 Å². The Kier molecular flexibility index (Phi) is 5.61. The summed E-state index contributed by atoms with van der Waals surface area (Å²) in [4.78, 5) is 29.9. The molecule has 0 spiro atoms. The van der Waals surface area contributed by atoms with Crippen LogP contribution >= 0.6 is 0 Å². The molecule has 1 saturated heterocycles. The van der Waals surface area contributed by atoms with Gasteiger partial charge in [-0.25, -0.2) is 0 Å². The fourth-order valence-corrected chi connectivity index (χ4v) is 4.49. The zero-order valence-corrected chi connectivity index (χ0v) is 16.9. The van der Waals surface area contributed by atoms with Gasteiger partial charge in [-0.3, -0.25) is 9.59 Å². The molecule has 2 N–H and O–H groups in total. The molecule has 1 saturated carbocycles. The Morgan fingerprint density at radius 1 is 1.04 bits per heavy atom. The first-order chi connectivity index (χ1) is 12.7. The molecular weight excluding hydrogens is 338 g/mol. The fourth-order valence-electron chi connectivity index (χ4n) is 4.49. The van der Waals surface area contributed by atoms with E-state index in [0.717, 1.165) is 31.2 Å². The third kappa shape index (κ3) is 4.03. The normalized spacial score (nSPS) is 26.7. The Balaban J connectivity index is 1.61. The molecule has 2 fully saturated rings. The number of hydrogen-bond acceptors (Lipinski definition) is 3. The van der Waals surface area contributed by atoms with E-state index in [1.807, 2.05) is 60.9 Å². The second kappa shape index (κ2) is 7.63. The maximum absolute atomic E-state index is 13.1. The maximum atomic E-state index is 13.1. The van der Waals surface area contributed by atoms with Crippen molar-refractivity contribution in [2.75, 3.05) is 26.2 Å². The van der Waals surface area contributed by atoms with E-state index in [4.69, 9.17) is 5.73 Å². The minimum Gasteiger partial charge on any atom is -0.339 e. The van der Waals surface area contributed by atoms with Crippen LogP contribution < -0.4 is 5.73 Å². The molecule has 1 aromatic carbocycles. The second-order valence-electron chi connectivity index (χ2n) is 8.91. The van der Waals surface area contributed by atoms with Gasteiger partial charge in [0.15, 0.2) is 0 Å². The van der Waals surface area contributed by atoms with Crippen LogP contribution in [-0.4, -0.2) is 53.3 Å². The highest BCUT2D eigenvalue weighted by Crippen LogP contribution is 2.33. The SMILES string of the molecule is CC(C)(C(=O)N1CCN(C(=O)C2CCCCC2(C)N)CC1)c1ccccc1. The van der Waals surface area contributed by atoms with Crippen molar-refractivity contribution >= 4 is 11.8 Å². The third-order valence-electron chi connectivity index (χ3n) is 6.46. The summed E-state index contributed by atoms with van der Waals surface area (Å²) in [6.45, 7) is 8.35. The largest absolute Gasteiger partial charge is 0.339 e. The van der Waals surface area contributed by atoms with Crippen molar-refractivity contribution in [2.24, 2.45) is 11.7 Å². The number of nitrogens with zero attached hydrogens (tertiary/aromatic N) is 2. The molecule has 1 aromatic rings. The lowest BCUT2D eigenvalue weighted by atomic mass is 9.74. The van der Waals surface area contributed by atoms with Crippen LogP contribution in [0.25, 0.3) is 0 Å². The van der Waals surface area contributed by atoms with Gasteiger partial charge < -0.3 is 15.5 Å². The molecule has 0 aromatic heterocycles. The highest BCUT2D eigenvalue weighted by atomic mass is 16.2. The number of carbonyl (C=O) groups excluding carboxylic acids is 2. The molecule has 2 aliphatic rings. The van der Waals surface area contributed by atoms with Gasteiger partial charge in [-0.2, -0.15) is 0 Å². The van der Waals surface area contributed by atoms with E-state index >= 15 is 0 Å². The number of piperazine rings is 1. The van der Waals surface area contributed by atoms with Gasteiger partial charge in [-0.05, 0) is 39.2 Å². The number of hydrogen-bond donors (Lipinski definition) is 1. The monoisotopic (exact) mass is 371 g/mol. The molecule has 27 heavy (non-hydrogen) atoms. The second-order valence-corrected chi connectivity index (χ2v) is 8.91. The van der Waals surface area contributed by atoms with Gasteiger partial charge in [0, 0.05) is 31.7 Å². The van der Waals surface area contributed by atoms with E-state index in [2.05, 4.69) is 0 Å². The summed E-state index contributed by atoms with van der Waals surface area (Å²) in [6.07, 6.45) is 3.97. The number of amides is 2. The summed E-state index contributed by atoms with van der Waals surface area (Å²) >= 11 is 0. The van der Waals surface area contributed by atoms with Crippen LogP contribution in [0.2, 0.25) is 0 Å². The summed E-state index contributed by atoms with van der Waals surface area (Å²) in [5.74, 6) is 0.213. The Morgan fingerprint density at radius 3 is 2.22 bits per heavy atom. The standard InChI is InChI=1S/C22H33N3O2/c1-21(2,17-9-5-4-6-10-17)20(27)25-15-13-24(14-16-25)19(26)18-11-7-8-12-22(18,3)23/h4-6,9-10,18H,7-8,11-16,23H2,1-3H3. The van der Waals surface area contributed by atoms with Crippen molar-refractivity contribution in [3.05, 3.63) is 35.9 Å². The lowest BCUT2D eigenvalue weighted by Gasteiger charge is -2.43. The van der Waals surface area contributed by atoms with Crippen LogP contribution in [0, 0.1) is 5.92 Å². The van der Waals surface area contributed by atoms with Crippen molar-refractivity contribution in [1.82, 2.24) is 9.80 Å². The first-order valence-corrected chi connectivity index (χ1v) is 10.2. The Labute approximate surface area is 162 Å². The molecule has 2 unspecified atom stereocenters. The lowest BCUT2D eigenvalue weighted by molar-refractivity contribution is -0.146. The molecule has 2 amide bonds. The Hall–Kier alpha value is -1.88. The van der Waals surface area contributed by atoms with Crippen molar-refractivity contribution in [1.29, 1.82) is 0 Å². The van der Waals surface area contributed by atoms with E-state index in [1.54, 1.807) is 0 Å². The van der Waals surface area contributed by atoms with Crippen LogP contribution in [0.5, 0.6) is 0 Å². The molecule has 3 rings (SSSR count). The van der Waals surface area contributed by atoms with Crippen LogP contribution in [0.15, 0.2) is 30.3 Å². The number of nitrogens with two attached hydrogens (primary N) is 1. The topological polar surface area (TPSA) is 66.6 Å². The Bertz CT molecular complexity index is 676. The van der Waals surface area contributed by atoms with Gasteiger partial charge in [0.25, 0.3) is 0 Å². The quantitative estimate of drug-likeness (QED) is 0.888. The first kappa shape index (κ1) is 19.9. The highest BCUT2D eigenvalue weighted by molar-refractivity contribution is 5.88. The third-order valence-corrected chi connectivity index (χ3v) is 6.46. The van der Waals surface area contributed by atoms with Crippen LogP contribution in [-0.2, 0) is 15.0 Å². The molecule has 1 aliphatic heterocycles. The number of carbonyl (C=O) groups is 2. The van der Waals surface area contributed by atoms with Crippen molar-refractivity contribution in [3.8, 4) is 0 Å². The summed E-state index contributed by atoms with van der Waals surface area (Å²) in [7, 11) is 0. The minimum absolute atomic E-state index is 0.0886. The average molecular weight is 372 g/mol. The first-order valence-electron chi connectivity index (χ1n) is 10.2. The zero-order valence-electron chi connectivity index (χ0n) is 16.9. The average Bonchev–Trinajstić information content (AvgIpc) is 2.67. The lowest BCUT2D eigenvalue weighted by Crippen LogP contribution is -2.59. The van der Waals surface area contributed by atoms with Gasteiger partial charge in [0.2, 0.25) is 11.8 Å². The van der Waals surface area contributed by atoms with Gasteiger partial charge in [-0.1, -0.05) is 43.2 Å². The van der Waals surface area contributed by atoms with E-state index in [-0.39, 0.29) is 17.7 Å². The minimum atomic E-state index is -0.563. The van der Waals surface area contributed by atoms with E-state index in [1.165, 1.54) is 0 Å². The zero-order chi connectivity index (χ0) is 19.7. The summed E-state index contributed by atoms with van der Waals surface area (Å²) in [5, 5.41) is 0. The van der Waals surface area contributed by atoms with Crippen LogP contribution in [0.3, 0.4) is 0 Å². The molecule has 148 valence electrons. The molecule has 5 nitrogen and oxygen atoms in total. The summed E-state index contributed by atoms with van der Waals surface area (Å²) in [6, 6.07) is 9.90. The smallest absolute Gasteiger partial charge is 0.232 e. The van der Waals surface area contributed by atoms with Crippen molar-refractivity contribution < 1.29 is 9.59 Å². The van der Waals surface area contributed by atoms with Crippen LogP contribution in [0.4, 0.5) is 0 Å². The Morgan fingerprint density at radius 2 is 1.63 bits per heavy atom. The predicted molar refractivity (Wildman–Crippen MR) is 107 cm³/mol. The van der Waals surface area contributed by atoms with E-state index in [9.17, 15) is 9.59 Å². The summed E-state index contributed by atoms with van der Waals surface area (Å²) < 4.78 is 0. The molecule has 1 aliphatic carbocycles. The molecule has 5 heteroatoms. The molecule has 2 atom stereocenters. The molecule has 0 bridgehead atoms. The van der Waals surface area contributed by atoms with E-state index < -0.39 is 11.0 Å². The van der Waals surface area contributed by atoms with Crippen molar-refractivity contribution in [2.45, 2.75) is 57.4 Å². The molecule has 1 heterocycles. The predicted octanol–water partition coefficient (Wildman–Crippen LogP) is 2.54. The maximum Gasteiger partial charge on any atom is 0.232 e. The summed E-state index contributed by atoms with van der Waals surface area (Å²) in [5.41, 5.74) is 6.47.